The van der Waals surface area contributed by atoms with E-state index in [0.29, 0.717) is 19.4 Å². The van der Waals surface area contributed by atoms with E-state index >= 15 is 0 Å². The zero-order chi connectivity index (χ0) is 14.5. The minimum absolute atomic E-state index is 0.0667. The molecule has 0 spiro atoms. The van der Waals surface area contributed by atoms with E-state index in [1.807, 2.05) is 20.0 Å². The number of rotatable bonds is 6. The summed E-state index contributed by atoms with van der Waals surface area (Å²) in [5.41, 5.74) is 2.10. The van der Waals surface area contributed by atoms with Crippen molar-refractivity contribution >= 4 is 17.2 Å². The van der Waals surface area contributed by atoms with Gasteiger partial charge in [-0.15, -0.1) is 11.3 Å². The van der Waals surface area contributed by atoms with Crippen LogP contribution in [0.15, 0.2) is 12.3 Å². The average Bonchev–Trinajstić information content (AvgIpc) is 3.00. The van der Waals surface area contributed by atoms with Gasteiger partial charge in [-0.05, 0) is 25.8 Å². The summed E-state index contributed by atoms with van der Waals surface area (Å²) in [6.07, 6.45) is 3.89. The van der Waals surface area contributed by atoms with Crippen LogP contribution in [0.3, 0.4) is 0 Å². The fourth-order valence-corrected chi connectivity index (χ4v) is 2.91. The maximum absolute atomic E-state index is 11.9. The Labute approximate surface area is 123 Å². The molecular formula is C14H20N4OS. The Morgan fingerprint density at radius 3 is 2.90 bits per heavy atom. The van der Waals surface area contributed by atoms with Gasteiger partial charge in [0.05, 0.1) is 17.2 Å². The van der Waals surface area contributed by atoms with Gasteiger partial charge in [-0.2, -0.15) is 5.10 Å². The molecule has 2 heterocycles. The Bertz CT molecular complexity index is 588. The highest BCUT2D eigenvalue weighted by Gasteiger charge is 2.09. The van der Waals surface area contributed by atoms with Crippen LogP contribution >= 0.6 is 11.3 Å². The fourth-order valence-electron chi connectivity index (χ4n) is 1.96. The molecule has 0 bridgehead atoms. The van der Waals surface area contributed by atoms with Crippen molar-refractivity contribution in [3.63, 3.8) is 0 Å². The summed E-state index contributed by atoms with van der Waals surface area (Å²) in [6.45, 7) is 4.66. The monoisotopic (exact) mass is 292 g/mol. The molecule has 0 unspecified atom stereocenters. The number of hydrogen-bond donors (Lipinski definition) is 1. The van der Waals surface area contributed by atoms with Crippen LogP contribution in [0.2, 0.25) is 0 Å². The maximum Gasteiger partial charge on any atom is 0.220 e. The Morgan fingerprint density at radius 1 is 1.50 bits per heavy atom. The van der Waals surface area contributed by atoms with E-state index in [4.69, 9.17) is 0 Å². The number of hydrogen-bond acceptors (Lipinski definition) is 4. The van der Waals surface area contributed by atoms with Gasteiger partial charge >= 0.3 is 0 Å². The van der Waals surface area contributed by atoms with Crippen molar-refractivity contribution in [2.45, 2.75) is 39.7 Å². The Morgan fingerprint density at radius 2 is 2.30 bits per heavy atom. The molecule has 1 N–H and O–H groups in total. The summed E-state index contributed by atoms with van der Waals surface area (Å²) in [7, 11) is 1.89. The van der Waals surface area contributed by atoms with Crippen LogP contribution in [0, 0.1) is 6.92 Å². The molecule has 0 saturated carbocycles. The fraction of sp³-hybridized carbons (Fsp3) is 0.500. The molecule has 0 aromatic carbocycles. The van der Waals surface area contributed by atoms with Crippen molar-refractivity contribution in [2.75, 3.05) is 0 Å². The summed E-state index contributed by atoms with van der Waals surface area (Å²) < 4.78 is 1.80. The van der Waals surface area contributed by atoms with Crippen molar-refractivity contribution in [1.29, 1.82) is 0 Å². The van der Waals surface area contributed by atoms with Crippen molar-refractivity contribution in [1.82, 2.24) is 20.1 Å². The summed E-state index contributed by atoms with van der Waals surface area (Å²) >= 11 is 1.68. The topological polar surface area (TPSA) is 59.8 Å². The van der Waals surface area contributed by atoms with E-state index in [1.54, 1.807) is 22.2 Å². The van der Waals surface area contributed by atoms with Crippen LogP contribution in [0.1, 0.15) is 34.6 Å². The number of nitrogens with zero attached hydrogens (tertiary/aromatic N) is 3. The molecule has 5 nitrogen and oxygen atoms in total. The first-order chi connectivity index (χ1) is 9.60. The normalized spacial score (nSPS) is 10.8. The second-order valence-electron chi connectivity index (χ2n) is 4.69. The highest BCUT2D eigenvalue weighted by atomic mass is 32.1. The molecule has 0 aliphatic heterocycles. The van der Waals surface area contributed by atoms with Crippen LogP contribution in [0.5, 0.6) is 0 Å². The van der Waals surface area contributed by atoms with Gasteiger partial charge in [0.1, 0.15) is 0 Å². The molecule has 2 aromatic rings. The van der Waals surface area contributed by atoms with E-state index in [9.17, 15) is 4.79 Å². The lowest BCUT2D eigenvalue weighted by Crippen LogP contribution is -2.23. The first-order valence-electron chi connectivity index (χ1n) is 6.79. The third-order valence-corrected chi connectivity index (χ3v) is 4.52. The SMILES string of the molecule is CCc1nc(C)c(CNC(=O)CCc2ccnn2C)s1. The minimum atomic E-state index is 0.0667. The first-order valence-corrected chi connectivity index (χ1v) is 7.60. The molecule has 2 aromatic heterocycles. The lowest BCUT2D eigenvalue weighted by molar-refractivity contribution is -0.121. The molecule has 0 atom stereocenters. The number of aromatic nitrogens is 3. The van der Waals surface area contributed by atoms with Gasteiger partial charge in [0.2, 0.25) is 5.91 Å². The molecule has 20 heavy (non-hydrogen) atoms. The van der Waals surface area contributed by atoms with E-state index in [2.05, 4.69) is 22.3 Å². The van der Waals surface area contributed by atoms with Crippen LogP contribution in [-0.2, 0) is 31.2 Å². The van der Waals surface area contributed by atoms with Gasteiger partial charge in [0, 0.05) is 30.2 Å². The summed E-state index contributed by atoms with van der Waals surface area (Å²) in [4.78, 5) is 17.5. The minimum Gasteiger partial charge on any atom is -0.351 e. The van der Waals surface area contributed by atoms with Gasteiger partial charge in [-0.25, -0.2) is 4.98 Å². The van der Waals surface area contributed by atoms with Crippen molar-refractivity contribution in [2.24, 2.45) is 7.05 Å². The summed E-state index contributed by atoms with van der Waals surface area (Å²) in [5.74, 6) is 0.0667. The van der Waals surface area contributed by atoms with E-state index in [0.717, 1.165) is 27.7 Å². The van der Waals surface area contributed by atoms with Gasteiger partial charge in [0.25, 0.3) is 0 Å². The highest BCUT2D eigenvalue weighted by molar-refractivity contribution is 7.11. The number of aryl methyl sites for hydroxylation is 4. The Kier molecular flexibility index (Phi) is 4.89. The number of amides is 1. The smallest absolute Gasteiger partial charge is 0.220 e. The molecule has 108 valence electrons. The zero-order valence-electron chi connectivity index (χ0n) is 12.1. The third-order valence-electron chi connectivity index (χ3n) is 3.22. The van der Waals surface area contributed by atoms with Gasteiger partial charge in [-0.3, -0.25) is 9.48 Å². The molecule has 0 radical (unpaired) electrons. The van der Waals surface area contributed by atoms with Crippen molar-refractivity contribution in [3.05, 3.63) is 33.5 Å². The number of nitrogens with one attached hydrogen (secondary N) is 1. The van der Waals surface area contributed by atoms with Crippen LogP contribution in [0.25, 0.3) is 0 Å². The lowest BCUT2D eigenvalue weighted by atomic mass is 10.2. The van der Waals surface area contributed by atoms with Crippen molar-refractivity contribution < 1.29 is 4.79 Å². The maximum atomic E-state index is 11.9. The number of carbonyl (C=O) groups excluding carboxylic acids is 1. The molecule has 0 aliphatic rings. The highest BCUT2D eigenvalue weighted by Crippen LogP contribution is 2.18. The molecule has 1 amide bonds. The largest absolute Gasteiger partial charge is 0.351 e. The molecule has 0 fully saturated rings. The van der Waals surface area contributed by atoms with E-state index < -0.39 is 0 Å². The predicted octanol–water partition coefficient (Wildman–Crippen LogP) is 2.00. The Balaban J connectivity index is 1.80. The predicted molar refractivity (Wildman–Crippen MR) is 79.6 cm³/mol. The van der Waals surface area contributed by atoms with Gasteiger partial charge in [0.15, 0.2) is 0 Å². The third kappa shape index (κ3) is 3.66. The second kappa shape index (κ2) is 6.65. The van der Waals surface area contributed by atoms with Crippen LogP contribution in [0.4, 0.5) is 0 Å². The second-order valence-corrected chi connectivity index (χ2v) is 5.86. The average molecular weight is 292 g/mol. The van der Waals surface area contributed by atoms with Gasteiger partial charge < -0.3 is 5.32 Å². The van der Waals surface area contributed by atoms with Gasteiger partial charge in [-0.1, -0.05) is 6.92 Å². The summed E-state index contributed by atoms with van der Waals surface area (Å²) in [5, 5.41) is 8.18. The Hall–Kier alpha value is -1.69. The molecule has 0 aliphatic carbocycles. The van der Waals surface area contributed by atoms with E-state index in [-0.39, 0.29) is 5.91 Å². The van der Waals surface area contributed by atoms with Crippen molar-refractivity contribution in [3.8, 4) is 0 Å². The molecule has 6 heteroatoms. The zero-order valence-corrected chi connectivity index (χ0v) is 13.0. The number of thiazole rings is 1. The summed E-state index contributed by atoms with van der Waals surface area (Å²) in [6, 6.07) is 1.94. The van der Waals surface area contributed by atoms with Crippen LogP contribution in [-0.4, -0.2) is 20.7 Å². The van der Waals surface area contributed by atoms with E-state index in [1.165, 1.54) is 0 Å². The molecule has 2 rings (SSSR count). The molecule has 0 saturated heterocycles. The first kappa shape index (κ1) is 14.7. The lowest BCUT2D eigenvalue weighted by Gasteiger charge is -2.04. The molecular weight excluding hydrogens is 272 g/mol. The number of carbonyl (C=O) groups is 1. The van der Waals surface area contributed by atoms with Crippen LogP contribution < -0.4 is 5.32 Å². The quantitative estimate of drug-likeness (QED) is 0.886. The standard InChI is InChI=1S/C14H20N4OS/c1-4-14-17-10(2)12(20-14)9-15-13(19)6-5-11-7-8-16-18(11)3/h7-8H,4-6,9H2,1-3H3,(H,15,19).